The molecule has 136 valence electrons. The number of ketones is 2. The first-order chi connectivity index (χ1) is 12.4. The predicted molar refractivity (Wildman–Crippen MR) is 95.5 cm³/mol. The Labute approximate surface area is 152 Å². The van der Waals surface area contributed by atoms with E-state index >= 15 is 0 Å². The van der Waals surface area contributed by atoms with Crippen LogP contribution in [0.5, 0.6) is 0 Å². The molecule has 1 N–H and O–H groups in total. The van der Waals surface area contributed by atoms with Gasteiger partial charge in [0, 0.05) is 18.4 Å². The Morgan fingerprint density at radius 1 is 1.27 bits per heavy atom. The molecule has 0 radical (unpaired) electrons. The molecule has 0 aliphatic heterocycles. The molecule has 0 amide bonds. The molecule has 1 heterocycles. The van der Waals surface area contributed by atoms with Crippen LogP contribution >= 0.6 is 0 Å². The number of nitrogens with zero attached hydrogens (tertiary/aromatic N) is 1. The second kappa shape index (κ2) is 7.46. The van der Waals surface area contributed by atoms with Crippen molar-refractivity contribution >= 4 is 11.6 Å². The summed E-state index contributed by atoms with van der Waals surface area (Å²) in [5.74, 6) is 0.209. The van der Waals surface area contributed by atoms with Crippen molar-refractivity contribution in [3.8, 4) is 0 Å². The normalized spacial score (nSPS) is 19.8. The zero-order chi connectivity index (χ0) is 18.8. The number of rotatable bonds is 7. The number of aliphatic hydroxyl groups is 1. The highest BCUT2D eigenvalue weighted by atomic mass is 19.1. The van der Waals surface area contributed by atoms with Crippen molar-refractivity contribution in [1.82, 2.24) is 4.98 Å². The van der Waals surface area contributed by atoms with Gasteiger partial charge >= 0.3 is 0 Å². The number of aromatic nitrogens is 1. The van der Waals surface area contributed by atoms with Crippen molar-refractivity contribution in [3.63, 3.8) is 0 Å². The van der Waals surface area contributed by atoms with Gasteiger partial charge < -0.3 is 5.11 Å². The minimum atomic E-state index is -1.21. The number of halogens is 1. The van der Waals surface area contributed by atoms with Gasteiger partial charge in [-0.1, -0.05) is 26.0 Å². The number of Topliss-reactive ketones (excluding diaryl/α,β-unsaturated/α-hetero) is 2. The van der Waals surface area contributed by atoms with Crippen molar-refractivity contribution in [2.75, 3.05) is 0 Å². The molecule has 1 aromatic carbocycles. The molecule has 3 rings (SSSR count). The van der Waals surface area contributed by atoms with E-state index in [1.165, 1.54) is 30.3 Å². The van der Waals surface area contributed by atoms with Gasteiger partial charge in [-0.2, -0.15) is 0 Å². The van der Waals surface area contributed by atoms with Crippen LogP contribution in [0.25, 0.3) is 0 Å². The lowest BCUT2D eigenvalue weighted by molar-refractivity contribution is 0.0974. The fraction of sp³-hybridized carbons (Fsp3) is 0.381. The molecule has 26 heavy (non-hydrogen) atoms. The molecular formula is C21H22FNO3. The van der Waals surface area contributed by atoms with Gasteiger partial charge in [0.2, 0.25) is 0 Å². The third-order valence-corrected chi connectivity index (χ3v) is 4.94. The van der Waals surface area contributed by atoms with Crippen LogP contribution < -0.4 is 0 Å². The number of hydrogen-bond acceptors (Lipinski definition) is 4. The molecule has 5 heteroatoms. The van der Waals surface area contributed by atoms with Crippen molar-refractivity contribution in [3.05, 3.63) is 64.7 Å². The summed E-state index contributed by atoms with van der Waals surface area (Å²) in [5.41, 5.74) is 1.05. The third-order valence-electron chi connectivity index (χ3n) is 4.94. The molecule has 1 fully saturated rings. The van der Waals surface area contributed by atoms with Crippen LogP contribution in [-0.2, 0) is 0 Å². The first kappa shape index (κ1) is 18.4. The standard InChI is InChI=1S/C21H22FNO3/c1-3-19(24)17-9-15(20(25)11-14-7-12(14)2)10-18(23-17)21(26)13-5-4-6-16(22)8-13/h4-6,8-10,12,14,21,26H,3,7,11H2,1-2H3/t12-,14+,21?/m0/s1. The van der Waals surface area contributed by atoms with E-state index in [4.69, 9.17) is 0 Å². The summed E-state index contributed by atoms with van der Waals surface area (Å²) in [4.78, 5) is 28.9. The average molecular weight is 355 g/mol. The van der Waals surface area contributed by atoms with Crippen molar-refractivity contribution < 1.29 is 19.1 Å². The molecule has 1 unspecified atom stereocenters. The zero-order valence-electron chi connectivity index (χ0n) is 14.9. The predicted octanol–water partition coefficient (Wildman–Crippen LogP) is 4.12. The summed E-state index contributed by atoms with van der Waals surface area (Å²) < 4.78 is 13.5. The maximum absolute atomic E-state index is 13.5. The average Bonchev–Trinajstić information content (AvgIpc) is 3.34. The molecule has 3 atom stereocenters. The van der Waals surface area contributed by atoms with Crippen molar-refractivity contribution in [2.24, 2.45) is 11.8 Å². The lowest BCUT2D eigenvalue weighted by Gasteiger charge is -2.13. The molecule has 1 aliphatic rings. The number of carbonyl (C=O) groups is 2. The smallest absolute Gasteiger partial charge is 0.180 e. The molecule has 2 aromatic rings. The summed E-state index contributed by atoms with van der Waals surface area (Å²) in [6, 6.07) is 8.59. The van der Waals surface area contributed by atoms with Crippen LogP contribution in [0, 0.1) is 17.7 Å². The highest BCUT2D eigenvalue weighted by Gasteiger charge is 2.34. The third kappa shape index (κ3) is 4.05. The Balaban J connectivity index is 1.96. The Morgan fingerprint density at radius 3 is 2.62 bits per heavy atom. The second-order valence-corrected chi connectivity index (χ2v) is 7.00. The minimum absolute atomic E-state index is 0.0559. The van der Waals surface area contributed by atoms with Gasteiger partial charge in [0.1, 0.15) is 17.6 Å². The second-order valence-electron chi connectivity index (χ2n) is 7.00. The summed E-state index contributed by atoms with van der Waals surface area (Å²) >= 11 is 0. The Kier molecular flexibility index (Phi) is 5.28. The fourth-order valence-corrected chi connectivity index (χ4v) is 3.06. The monoisotopic (exact) mass is 355 g/mol. The molecular weight excluding hydrogens is 333 g/mol. The van der Waals surface area contributed by atoms with Crippen LogP contribution in [0.2, 0.25) is 0 Å². The van der Waals surface area contributed by atoms with Gasteiger partial charge in [0.25, 0.3) is 0 Å². The van der Waals surface area contributed by atoms with Crippen LogP contribution in [0.1, 0.15) is 71.3 Å². The lowest BCUT2D eigenvalue weighted by atomic mass is 9.99. The summed E-state index contributed by atoms with van der Waals surface area (Å²) in [5, 5.41) is 10.6. The quantitative estimate of drug-likeness (QED) is 0.759. The zero-order valence-corrected chi connectivity index (χ0v) is 14.9. The van der Waals surface area contributed by atoms with E-state index in [0.29, 0.717) is 29.4 Å². The van der Waals surface area contributed by atoms with E-state index in [1.807, 2.05) is 0 Å². The van der Waals surface area contributed by atoms with E-state index < -0.39 is 11.9 Å². The van der Waals surface area contributed by atoms with Gasteiger partial charge in [-0.15, -0.1) is 0 Å². The largest absolute Gasteiger partial charge is 0.382 e. The van der Waals surface area contributed by atoms with Crippen LogP contribution in [0.15, 0.2) is 36.4 Å². The van der Waals surface area contributed by atoms with Crippen LogP contribution in [0.3, 0.4) is 0 Å². The number of pyridine rings is 1. The van der Waals surface area contributed by atoms with Crippen LogP contribution in [-0.4, -0.2) is 21.7 Å². The topological polar surface area (TPSA) is 67.3 Å². The number of carbonyl (C=O) groups excluding carboxylic acids is 2. The maximum Gasteiger partial charge on any atom is 0.180 e. The number of hydrogen-bond donors (Lipinski definition) is 1. The molecule has 1 aromatic heterocycles. The Hall–Kier alpha value is -2.40. The molecule has 0 bridgehead atoms. The highest BCUT2D eigenvalue weighted by molar-refractivity contribution is 6.00. The van der Waals surface area contributed by atoms with E-state index in [9.17, 15) is 19.1 Å². The molecule has 1 saturated carbocycles. The fourth-order valence-electron chi connectivity index (χ4n) is 3.06. The summed E-state index contributed by atoms with van der Waals surface area (Å²) in [7, 11) is 0. The van der Waals surface area contributed by atoms with Gasteiger partial charge in [-0.3, -0.25) is 9.59 Å². The van der Waals surface area contributed by atoms with Gasteiger partial charge in [0.05, 0.1) is 5.69 Å². The van der Waals surface area contributed by atoms with E-state index in [-0.39, 0.29) is 29.4 Å². The van der Waals surface area contributed by atoms with Gasteiger partial charge in [-0.25, -0.2) is 9.37 Å². The van der Waals surface area contributed by atoms with Crippen LogP contribution in [0.4, 0.5) is 4.39 Å². The van der Waals surface area contributed by atoms with Gasteiger partial charge in [0.15, 0.2) is 11.6 Å². The first-order valence-electron chi connectivity index (χ1n) is 8.91. The van der Waals surface area contributed by atoms with Crippen molar-refractivity contribution in [1.29, 1.82) is 0 Å². The number of benzene rings is 1. The Morgan fingerprint density at radius 2 is 2.00 bits per heavy atom. The SMILES string of the molecule is CCC(=O)c1cc(C(=O)C[C@H]2C[C@@H]2C)cc(C(O)c2cccc(F)c2)n1. The lowest BCUT2D eigenvalue weighted by Crippen LogP contribution is -2.12. The molecule has 0 spiro atoms. The van der Waals surface area contributed by atoms with E-state index in [0.717, 1.165) is 6.42 Å². The molecule has 4 nitrogen and oxygen atoms in total. The molecule has 0 saturated heterocycles. The molecule has 1 aliphatic carbocycles. The number of aliphatic hydroxyl groups excluding tert-OH is 1. The minimum Gasteiger partial charge on any atom is -0.382 e. The van der Waals surface area contributed by atoms with Crippen molar-refractivity contribution in [2.45, 2.75) is 39.2 Å². The van der Waals surface area contributed by atoms with E-state index in [2.05, 4.69) is 11.9 Å². The van der Waals surface area contributed by atoms with E-state index in [1.54, 1.807) is 13.0 Å². The highest BCUT2D eigenvalue weighted by Crippen LogP contribution is 2.41. The van der Waals surface area contributed by atoms with Gasteiger partial charge in [-0.05, 0) is 48.1 Å². The maximum atomic E-state index is 13.5. The Bertz CT molecular complexity index is 849. The first-order valence-corrected chi connectivity index (χ1v) is 8.91. The summed E-state index contributed by atoms with van der Waals surface area (Å²) in [6.07, 6.45) is 0.512. The summed E-state index contributed by atoms with van der Waals surface area (Å²) in [6.45, 7) is 3.82.